The second-order valence-electron chi connectivity index (χ2n) is 3.28. The van der Waals surface area contributed by atoms with Gasteiger partial charge in [0.05, 0.1) is 0 Å². The molecule has 0 saturated carbocycles. The molecule has 0 amide bonds. The second-order valence-corrected chi connectivity index (χ2v) is 5.34. The number of thiocarbonyl (C=S) groups is 1. The third-order valence-corrected chi connectivity index (χ3v) is 4.15. The lowest BCUT2D eigenvalue weighted by molar-refractivity contribution is 0.0795. The molecule has 1 heterocycles. The Kier molecular flexibility index (Phi) is 3.51. The van der Waals surface area contributed by atoms with Gasteiger partial charge >= 0.3 is 0 Å². The number of rotatable bonds is 2. The molecule has 80 valence electrons. The van der Waals surface area contributed by atoms with E-state index in [0.29, 0.717) is 17.3 Å². The number of nitrogens with zero attached hydrogens (tertiary/aromatic N) is 1. The van der Waals surface area contributed by atoms with Gasteiger partial charge in [-0.15, -0.1) is 0 Å². The van der Waals surface area contributed by atoms with Crippen molar-refractivity contribution in [3.8, 4) is 0 Å². The van der Waals surface area contributed by atoms with Gasteiger partial charge in [-0.2, -0.15) is 0 Å². The molecule has 1 fully saturated rings. The van der Waals surface area contributed by atoms with E-state index in [-0.39, 0.29) is 0 Å². The number of halogens is 1. The molecule has 1 saturated heterocycles. The van der Waals surface area contributed by atoms with Gasteiger partial charge in [-0.05, 0) is 11.6 Å². The molecule has 0 unspecified atom stereocenters. The van der Waals surface area contributed by atoms with Crippen LogP contribution in [-0.4, -0.2) is 26.3 Å². The van der Waals surface area contributed by atoms with Crippen LogP contribution in [0.2, 0.25) is 5.02 Å². The Bertz CT molecular complexity index is 385. The normalized spacial score (nSPS) is 21.1. The van der Waals surface area contributed by atoms with Gasteiger partial charge < -0.3 is 10.0 Å². The molecule has 0 radical (unpaired) electrons. The molecule has 0 aliphatic carbocycles. The summed E-state index contributed by atoms with van der Waals surface area (Å²) in [5, 5.41) is 10.4. The minimum absolute atomic E-state index is 0.487. The van der Waals surface area contributed by atoms with E-state index in [1.165, 1.54) is 11.8 Å². The SMILES string of the molecule is O[C@@H]1CSC(=S)N1Cc1ccccc1Cl. The lowest BCUT2D eigenvalue weighted by Crippen LogP contribution is -2.32. The van der Waals surface area contributed by atoms with E-state index in [9.17, 15) is 5.11 Å². The van der Waals surface area contributed by atoms with Crippen LogP contribution < -0.4 is 0 Å². The van der Waals surface area contributed by atoms with E-state index in [1.807, 2.05) is 24.3 Å². The Morgan fingerprint density at radius 3 is 2.87 bits per heavy atom. The second kappa shape index (κ2) is 4.70. The van der Waals surface area contributed by atoms with E-state index in [1.54, 1.807) is 4.90 Å². The molecule has 2 rings (SSSR count). The first kappa shape index (κ1) is 11.2. The average molecular weight is 260 g/mol. The molecule has 15 heavy (non-hydrogen) atoms. The summed E-state index contributed by atoms with van der Waals surface area (Å²) in [7, 11) is 0. The first-order valence-electron chi connectivity index (χ1n) is 4.53. The highest BCUT2D eigenvalue weighted by Gasteiger charge is 2.27. The Balaban J connectivity index is 2.15. The number of aliphatic hydroxyl groups excluding tert-OH is 1. The van der Waals surface area contributed by atoms with Crippen molar-refractivity contribution in [2.45, 2.75) is 12.8 Å². The molecular formula is C10H10ClNOS2. The quantitative estimate of drug-likeness (QED) is 0.825. The number of hydrogen-bond donors (Lipinski definition) is 1. The highest BCUT2D eigenvalue weighted by Crippen LogP contribution is 2.26. The summed E-state index contributed by atoms with van der Waals surface area (Å²) in [6.07, 6.45) is -0.487. The largest absolute Gasteiger partial charge is 0.373 e. The smallest absolute Gasteiger partial charge is 0.138 e. The van der Waals surface area contributed by atoms with Crippen LogP contribution in [0.4, 0.5) is 0 Å². The van der Waals surface area contributed by atoms with E-state index in [4.69, 9.17) is 23.8 Å². The van der Waals surface area contributed by atoms with Crippen molar-refractivity contribution in [1.82, 2.24) is 4.90 Å². The fourth-order valence-electron chi connectivity index (χ4n) is 1.42. The molecular weight excluding hydrogens is 250 g/mol. The molecule has 1 aliphatic heterocycles. The van der Waals surface area contributed by atoms with Crippen LogP contribution in [0.25, 0.3) is 0 Å². The van der Waals surface area contributed by atoms with Gasteiger partial charge in [-0.25, -0.2) is 0 Å². The zero-order valence-electron chi connectivity index (χ0n) is 7.89. The number of hydrogen-bond acceptors (Lipinski definition) is 3. The van der Waals surface area contributed by atoms with Crippen molar-refractivity contribution in [1.29, 1.82) is 0 Å². The number of thioether (sulfide) groups is 1. The molecule has 1 aliphatic rings. The first-order chi connectivity index (χ1) is 7.18. The minimum atomic E-state index is -0.487. The fourth-order valence-corrected chi connectivity index (χ4v) is 2.83. The molecule has 2 nitrogen and oxygen atoms in total. The summed E-state index contributed by atoms with van der Waals surface area (Å²) < 4.78 is 0.738. The predicted octanol–water partition coefficient (Wildman–Crippen LogP) is 2.49. The van der Waals surface area contributed by atoms with Gasteiger partial charge in [0, 0.05) is 17.3 Å². The van der Waals surface area contributed by atoms with Crippen LogP contribution in [0.1, 0.15) is 5.56 Å². The van der Waals surface area contributed by atoms with Gasteiger partial charge in [-0.3, -0.25) is 0 Å². The third kappa shape index (κ3) is 2.45. The third-order valence-electron chi connectivity index (χ3n) is 2.25. The van der Waals surface area contributed by atoms with Gasteiger partial charge in [0.1, 0.15) is 10.5 Å². The van der Waals surface area contributed by atoms with Crippen LogP contribution in [0.15, 0.2) is 24.3 Å². The topological polar surface area (TPSA) is 23.5 Å². The summed E-state index contributed by atoms with van der Waals surface area (Å²) >= 11 is 12.7. The maximum Gasteiger partial charge on any atom is 0.138 e. The molecule has 0 bridgehead atoms. The van der Waals surface area contributed by atoms with E-state index in [2.05, 4.69) is 0 Å². The zero-order valence-corrected chi connectivity index (χ0v) is 10.3. The Hall–Kier alpha value is -0.290. The van der Waals surface area contributed by atoms with Crippen LogP contribution in [0, 0.1) is 0 Å². The summed E-state index contributed by atoms with van der Waals surface area (Å²) in [4.78, 5) is 1.79. The molecule has 0 spiro atoms. The molecule has 1 aromatic carbocycles. The Morgan fingerprint density at radius 2 is 2.27 bits per heavy atom. The maximum absolute atomic E-state index is 9.69. The van der Waals surface area contributed by atoms with Crippen molar-refractivity contribution in [3.05, 3.63) is 34.9 Å². The highest BCUT2D eigenvalue weighted by atomic mass is 35.5. The summed E-state index contributed by atoms with van der Waals surface area (Å²) in [5.74, 6) is 0.642. The molecule has 1 N–H and O–H groups in total. The lowest BCUT2D eigenvalue weighted by atomic mass is 10.2. The molecule has 0 aromatic heterocycles. The highest BCUT2D eigenvalue weighted by molar-refractivity contribution is 8.23. The van der Waals surface area contributed by atoms with Crippen LogP contribution in [0.5, 0.6) is 0 Å². The molecule has 1 aromatic rings. The van der Waals surface area contributed by atoms with Crippen molar-refractivity contribution >= 4 is 39.9 Å². The lowest BCUT2D eigenvalue weighted by Gasteiger charge is -2.21. The standard InChI is InChI=1S/C10H10ClNOS2/c11-8-4-2-1-3-7(8)5-12-9(13)6-15-10(12)14/h1-4,9,13H,5-6H2/t9-/m1/s1. The van der Waals surface area contributed by atoms with Gasteiger partial charge in [-0.1, -0.05) is 53.8 Å². The van der Waals surface area contributed by atoms with Crippen LogP contribution in [-0.2, 0) is 6.54 Å². The Labute approximate surface area is 103 Å². The van der Waals surface area contributed by atoms with Gasteiger partial charge in [0.25, 0.3) is 0 Å². The maximum atomic E-state index is 9.69. The van der Waals surface area contributed by atoms with Gasteiger partial charge in [0.2, 0.25) is 0 Å². The Morgan fingerprint density at radius 1 is 1.53 bits per heavy atom. The van der Waals surface area contributed by atoms with E-state index in [0.717, 1.165) is 9.88 Å². The summed E-state index contributed by atoms with van der Waals surface area (Å²) in [6, 6.07) is 7.61. The van der Waals surface area contributed by atoms with Gasteiger partial charge in [0.15, 0.2) is 0 Å². The summed E-state index contributed by atoms with van der Waals surface area (Å²) in [6.45, 7) is 0.576. The van der Waals surface area contributed by atoms with E-state index >= 15 is 0 Å². The van der Waals surface area contributed by atoms with Crippen molar-refractivity contribution in [2.24, 2.45) is 0 Å². The molecule has 1 atom stereocenters. The predicted molar refractivity (Wildman–Crippen MR) is 68.1 cm³/mol. The van der Waals surface area contributed by atoms with Crippen molar-refractivity contribution in [3.63, 3.8) is 0 Å². The number of benzene rings is 1. The van der Waals surface area contributed by atoms with Crippen molar-refractivity contribution < 1.29 is 5.11 Å². The zero-order chi connectivity index (χ0) is 10.8. The summed E-state index contributed by atoms with van der Waals surface area (Å²) in [5.41, 5.74) is 0.989. The van der Waals surface area contributed by atoms with Crippen LogP contribution >= 0.6 is 35.6 Å². The van der Waals surface area contributed by atoms with E-state index < -0.39 is 6.23 Å². The minimum Gasteiger partial charge on any atom is -0.373 e. The number of aliphatic hydroxyl groups is 1. The monoisotopic (exact) mass is 259 g/mol. The molecule has 5 heteroatoms. The van der Waals surface area contributed by atoms with Crippen LogP contribution in [0.3, 0.4) is 0 Å². The first-order valence-corrected chi connectivity index (χ1v) is 6.30. The average Bonchev–Trinajstić information content (AvgIpc) is 2.53. The van der Waals surface area contributed by atoms with Crippen molar-refractivity contribution in [2.75, 3.05) is 5.75 Å². The fraction of sp³-hybridized carbons (Fsp3) is 0.300.